The summed E-state index contributed by atoms with van der Waals surface area (Å²) in [7, 11) is 0. The van der Waals surface area contributed by atoms with Crippen LogP contribution in [0.4, 0.5) is 0 Å². The number of ether oxygens (including phenoxy) is 1. The fourth-order valence-electron chi connectivity index (χ4n) is 3.89. The minimum atomic E-state index is 0.256. The molecule has 1 aromatic heterocycles. The molecule has 1 aliphatic heterocycles. The largest absolute Gasteiger partial charge is 0.494 e. The van der Waals surface area contributed by atoms with E-state index in [-0.39, 0.29) is 5.91 Å². The van der Waals surface area contributed by atoms with Gasteiger partial charge in [-0.2, -0.15) is 0 Å². The van der Waals surface area contributed by atoms with Gasteiger partial charge in [-0.1, -0.05) is 18.2 Å². The van der Waals surface area contributed by atoms with Crippen molar-refractivity contribution in [3.05, 3.63) is 48.5 Å². The Hall–Kier alpha value is -2.30. The van der Waals surface area contributed by atoms with Gasteiger partial charge >= 0.3 is 0 Å². The van der Waals surface area contributed by atoms with E-state index in [9.17, 15) is 4.79 Å². The van der Waals surface area contributed by atoms with Crippen molar-refractivity contribution >= 4 is 5.91 Å². The van der Waals surface area contributed by atoms with E-state index in [1.165, 1.54) is 18.7 Å². The summed E-state index contributed by atoms with van der Waals surface area (Å²) < 4.78 is 8.03. The minimum Gasteiger partial charge on any atom is -0.494 e. The molecule has 0 unspecified atom stereocenters. The zero-order chi connectivity index (χ0) is 18.5. The molecule has 0 spiro atoms. The Balaban J connectivity index is 1.18. The maximum Gasteiger partial charge on any atom is 0.222 e. The summed E-state index contributed by atoms with van der Waals surface area (Å²) in [6, 6.07) is 9.78. The van der Waals surface area contributed by atoms with E-state index in [1.54, 1.807) is 0 Å². The van der Waals surface area contributed by atoms with Gasteiger partial charge < -0.3 is 14.2 Å². The van der Waals surface area contributed by atoms with E-state index < -0.39 is 0 Å². The molecule has 0 atom stereocenters. The smallest absolute Gasteiger partial charge is 0.222 e. The highest BCUT2D eigenvalue weighted by molar-refractivity contribution is 5.76. The molecule has 2 heterocycles. The van der Waals surface area contributed by atoms with Crippen molar-refractivity contribution in [3.63, 3.8) is 0 Å². The molecular weight excluding hydrogens is 338 g/mol. The summed E-state index contributed by atoms with van der Waals surface area (Å²) in [4.78, 5) is 19.1. The number of amides is 1. The Morgan fingerprint density at radius 3 is 2.63 bits per heavy atom. The Morgan fingerprint density at radius 2 is 1.89 bits per heavy atom. The van der Waals surface area contributed by atoms with Crippen LogP contribution >= 0.6 is 0 Å². The molecular formula is C22H29N3O2. The Kier molecular flexibility index (Phi) is 5.75. The van der Waals surface area contributed by atoms with E-state index in [2.05, 4.69) is 15.7 Å². The average molecular weight is 367 g/mol. The third-order valence-electron chi connectivity index (χ3n) is 5.66. The topological polar surface area (TPSA) is 47.4 Å². The third-order valence-corrected chi connectivity index (χ3v) is 5.66. The first-order chi connectivity index (χ1) is 13.3. The van der Waals surface area contributed by atoms with Crippen molar-refractivity contribution in [2.75, 3.05) is 19.7 Å². The Morgan fingerprint density at radius 1 is 1.11 bits per heavy atom. The molecule has 1 saturated carbocycles. The first-order valence-corrected chi connectivity index (χ1v) is 10.3. The number of nitrogens with zero attached hydrogens (tertiary/aromatic N) is 3. The van der Waals surface area contributed by atoms with Crippen LogP contribution in [0, 0.1) is 5.92 Å². The van der Waals surface area contributed by atoms with Gasteiger partial charge in [-0.15, -0.1) is 0 Å². The molecule has 0 radical (unpaired) electrons. The molecule has 1 saturated heterocycles. The number of likely N-dealkylation sites (tertiary alicyclic amines) is 1. The molecule has 2 aliphatic rings. The number of hydrogen-bond acceptors (Lipinski definition) is 3. The van der Waals surface area contributed by atoms with E-state index in [1.807, 2.05) is 41.4 Å². The van der Waals surface area contributed by atoms with Crippen LogP contribution in [0.2, 0.25) is 0 Å². The molecule has 4 rings (SSSR count). The van der Waals surface area contributed by atoms with E-state index in [4.69, 9.17) is 4.74 Å². The van der Waals surface area contributed by atoms with Crippen LogP contribution in [-0.2, 0) is 11.3 Å². The van der Waals surface area contributed by atoms with E-state index in [0.29, 0.717) is 18.9 Å². The van der Waals surface area contributed by atoms with Gasteiger partial charge in [0.1, 0.15) is 11.6 Å². The number of imidazole rings is 1. The van der Waals surface area contributed by atoms with Gasteiger partial charge in [0.15, 0.2) is 0 Å². The van der Waals surface area contributed by atoms with Gasteiger partial charge in [-0.05, 0) is 50.2 Å². The van der Waals surface area contributed by atoms with Crippen molar-refractivity contribution in [2.45, 2.75) is 51.0 Å². The number of piperidine rings is 1. The highest BCUT2D eigenvalue weighted by Crippen LogP contribution is 2.33. The lowest BCUT2D eigenvalue weighted by Gasteiger charge is -2.32. The summed E-state index contributed by atoms with van der Waals surface area (Å²) in [6.45, 7) is 3.40. The summed E-state index contributed by atoms with van der Waals surface area (Å²) in [6.07, 6.45) is 10.1. The molecule has 1 amide bonds. The molecule has 5 nitrogen and oxygen atoms in total. The summed E-state index contributed by atoms with van der Waals surface area (Å²) in [5.74, 6) is 3.70. The van der Waals surface area contributed by atoms with Gasteiger partial charge in [0.25, 0.3) is 0 Å². The van der Waals surface area contributed by atoms with Crippen LogP contribution in [0.25, 0.3) is 0 Å². The average Bonchev–Trinajstić information content (AvgIpc) is 3.41. The van der Waals surface area contributed by atoms with Crippen molar-refractivity contribution in [2.24, 2.45) is 5.92 Å². The van der Waals surface area contributed by atoms with Crippen molar-refractivity contribution in [1.82, 2.24) is 14.5 Å². The van der Waals surface area contributed by atoms with E-state index >= 15 is 0 Å². The van der Waals surface area contributed by atoms with Gasteiger partial charge in [-0.25, -0.2) is 4.98 Å². The highest BCUT2D eigenvalue weighted by atomic mass is 16.5. The SMILES string of the molecule is O=C(CCCOc1ccccc1)N1CCC(c2nccn2CC2CC2)CC1. The van der Waals surface area contributed by atoms with Crippen LogP contribution in [0.3, 0.4) is 0 Å². The van der Waals surface area contributed by atoms with Gasteiger partial charge in [-0.3, -0.25) is 4.79 Å². The van der Waals surface area contributed by atoms with Crippen molar-refractivity contribution in [1.29, 1.82) is 0 Å². The molecule has 0 bridgehead atoms. The molecule has 0 N–H and O–H groups in total. The second-order valence-corrected chi connectivity index (χ2v) is 7.80. The van der Waals surface area contributed by atoms with Crippen LogP contribution < -0.4 is 4.74 Å². The monoisotopic (exact) mass is 367 g/mol. The summed E-state index contributed by atoms with van der Waals surface area (Å²) in [5, 5.41) is 0. The van der Waals surface area contributed by atoms with Crippen molar-refractivity contribution in [3.8, 4) is 5.75 Å². The second kappa shape index (κ2) is 8.59. The molecule has 2 aromatic rings. The Bertz CT molecular complexity index is 731. The maximum atomic E-state index is 12.5. The van der Waals surface area contributed by atoms with Crippen LogP contribution in [0.5, 0.6) is 5.75 Å². The predicted molar refractivity (Wildman–Crippen MR) is 105 cm³/mol. The molecule has 2 fully saturated rings. The number of para-hydroxylation sites is 1. The number of aromatic nitrogens is 2. The normalized spacial score (nSPS) is 17.9. The number of carbonyl (C=O) groups is 1. The zero-order valence-corrected chi connectivity index (χ0v) is 15.9. The lowest BCUT2D eigenvalue weighted by Crippen LogP contribution is -2.38. The van der Waals surface area contributed by atoms with Crippen molar-refractivity contribution < 1.29 is 9.53 Å². The number of hydrogen-bond donors (Lipinski definition) is 0. The molecule has 144 valence electrons. The van der Waals surface area contributed by atoms with Crippen LogP contribution in [-0.4, -0.2) is 40.1 Å². The quantitative estimate of drug-likeness (QED) is 0.666. The third kappa shape index (κ3) is 4.90. The van der Waals surface area contributed by atoms with Gasteiger partial charge in [0.2, 0.25) is 5.91 Å². The first-order valence-electron chi connectivity index (χ1n) is 10.3. The minimum absolute atomic E-state index is 0.256. The molecule has 27 heavy (non-hydrogen) atoms. The Labute approximate surface area is 161 Å². The highest BCUT2D eigenvalue weighted by Gasteiger charge is 2.28. The standard InChI is InChI=1S/C22H29N3O2/c26-21(7-4-16-27-20-5-2-1-3-6-20)24-13-10-19(11-14-24)22-23-12-15-25(22)17-18-8-9-18/h1-3,5-6,12,15,18-19H,4,7-11,13-14,16-17H2. The predicted octanol–water partition coefficient (Wildman–Crippen LogP) is 3.86. The zero-order valence-electron chi connectivity index (χ0n) is 15.9. The fourth-order valence-corrected chi connectivity index (χ4v) is 3.89. The van der Waals surface area contributed by atoms with Gasteiger partial charge in [0.05, 0.1) is 6.61 Å². The van der Waals surface area contributed by atoms with Gasteiger partial charge in [0, 0.05) is 44.4 Å². The molecule has 1 aliphatic carbocycles. The summed E-state index contributed by atoms with van der Waals surface area (Å²) >= 11 is 0. The number of carbonyl (C=O) groups excluding carboxylic acids is 1. The van der Waals surface area contributed by atoms with Crippen LogP contribution in [0.1, 0.15) is 50.3 Å². The number of benzene rings is 1. The second-order valence-electron chi connectivity index (χ2n) is 7.80. The first kappa shape index (κ1) is 18.1. The van der Waals surface area contributed by atoms with Crippen LogP contribution in [0.15, 0.2) is 42.7 Å². The van der Waals surface area contributed by atoms with E-state index in [0.717, 1.165) is 50.6 Å². The molecule has 5 heteroatoms. The maximum absolute atomic E-state index is 12.5. The fraction of sp³-hybridized carbons (Fsp3) is 0.545. The summed E-state index contributed by atoms with van der Waals surface area (Å²) in [5.41, 5.74) is 0. The lowest BCUT2D eigenvalue weighted by atomic mass is 9.95. The number of rotatable bonds is 8. The molecule has 1 aromatic carbocycles. The lowest BCUT2D eigenvalue weighted by molar-refractivity contribution is -0.132.